The Bertz CT molecular complexity index is 262. The summed E-state index contributed by atoms with van der Waals surface area (Å²) in [5.74, 6) is -6.11. The van der Waals surface area contributed by atoms with Crippen LogP contribution in [0, 0.1) is 0 Å². The third-order valence-corrected chi connectivity index (χ3v) is 2.17. The molecule has 0 unspecified atom stereocenters. The fourth-order valence-corrected chi connectivity index (χ4v) is 1.52. The topological polar surface area (TPSA) is 57.6 Å². The van der Waals surface area contributed by atoms with Gasteiger partial charge in [-0.25, -0.2) is 4.79 Å². The first-order valence-electron chi connectivity index (χ1n) is 4.25. The third-order valence-electron chi connectivity index (χ3n) is 2.17. The number of amides is 1. The standard InChI is InChI=1S/C8H11F2NO3/c1-8(9,10)7(14)11-4-2-3-5(11)6(12)13/h5H,2-4H2,1H3,(H,12,13)/t5-/m1/s1. The fraction of sp³-hybridized carbons (Fsp3) is 0.750. The molecule has 1 amide bonds. The van der Waals surface area contributed by atoms with Crippen molar-refractivity contribution in [1.82, 2.24) is 4.90 Å². The lowest BCUT2D eigenvalue weighted by molar-refractivity contribution is -0.161. The number of carbonyl (C=O) groups is 2. The molecule has 14 heavy (non-hydrogen) atoms. The number of hydrogen-bond acceptors (Lipinski definition) is 2. The molecule has 1 atom stereocenters. The molecule has 1 saturated heterocycles. The van der Waals surface area contributed by atoms with Crippen LogP contribution >= 0.6 is 0 Å². The highest BCUT2D eigenvalue weighted by atomic mass is 19.3. The van der Waals surface area contributed by atoms with Gasteiger partial charge in [-0.2, -0.15) is 8.78 Å². The van der Waals surface area contributed by atoms with Crippen LogP contribution < -0.4 is 0 Å². The van der Waals surface area contributed by atoms with E-state index in [-0.39, 0.29) is 13.0 Å². The van der Waals surface area contributed by atoms with Gasteiger partial charge in [-0.15, -0.1) is 0 Å². The highest BCUT2D eigenvalue weighted by Gasteiger charge is 2.43. The molecule has 0 radical (unpaired) electrons. The summed E-state index contributed by atoms with van der Waals surface area (Å²) in [7, 11) is 0. The van der Waals surface area contributed by atoms with Crippen LogP contribution in [-0.4, -0.2) is 40.4 Å². The Balaban J connectivity index is 2.77. The Kier molecular flexibility index (Phi) is 2.73. The molecule has 1 aliphatic rings. The predicted molar refractivity (Wildman–Crippen MR) is 43.0 cm³/mol. The molecule has 0 aliphatic carbocycles. The lowest BCUT2D eigenvalue weighted by Gasteiger charge is -2.24. The van der Waals surface area contributed by atoms with E-state index in [9.17, 15) is 18.4 Å². The quantitative estimate of drug-likeness (QED) is 0.725. The summed E-state index contributed by atoms with van der Waals surface area (Å²) in [5.41, 5.74) is 0. The monoisotopic (exact) mass is 207 g/mol. The van der Waals surface area contributed by atoms with Crippen LogP contribution in [0.15, 0.2) is 0 Å². The smallest absolute Gasteiger partial charge is 0.326 e. The maximum absolute atomic E-state index is 12.6. The number of nitrogens with zero attached hydrogens (tertiary/aromatic N) is 1. The zero-order valence-electron chi connectivity index (χ0n) is 7.67. The highest BCUT2D eigenvalue weighted by molar-refractivity contribution is 5.88. The molecule has 1 aliphatic heterocycles. The number of hydrogen-bond donors (Lipinski definition) is 1. The Morgan fingerprint density at radius 3 is 2.50 bits per heavy atom. The summed E-state index contributed by atoms with van der Waals surface area (Å²) < 4.78 is 25.2. The number of carboxylic acids is 1. The lowest BCUT2D eigenvalue weighted by atomic mass is 10.2. The first-order valence-corrected chi connectivity index (χ1v) is 4.25. The van der Waals surface area contributed by atoms with Crippen LogP contribution in [0.4, 0.5) is 8.78 Å². The number of carbonyl (C=O) groups excluding carboxylic acids is 1. The molecule has 4 nitrogen and oxygen atoms in total. The summed E-state index contributed by atoms with van der Waals surface area (Å²) in [6.07, 6.45) is 0.704. The highest BCUT2D eigenvalue weighted by Crippen LogP contribution is 2.24. The van der Waals surface area contributed by atoms with E-state index < -0.39 is 23.8 Å². The van der Waals surface area contributed by atoms with E-state index in [0.717, 1.165) is 4.90 Å². The van der Waals surface area contributed by atoms with E-state index in [2.05, 4.69) is 0 Å². The van der Waals surface area contributed by atoms with Crippen LogP contribution in [0.25, 0.3) is 0 Å². The average Bonchev–Trinajstić information content (AvgIpc) is 2.48. The molecule has 80 valence electrons. The number of alkyl halides is 2. The largest absolute Gasteiger partial charge is 0.480 e. The summed E-state index contributed by atoms with van der Waals surface area (Å²) in [5, 5.41) is 8.66. The molecule has 0 bridgehead atoms. The van der Waals surface area contributed by atoms with Crippen LogP contribution in [0.3, 0.4) is 0 Å². The maximum atomic E-state index is 12.6. The van der Waals surface area contributed by atoms with Crippen LogP contribution in [0.1, 0.15) is 19.8 Å². The maximum Gasteiger partial charge on any atom is 0.326 e. The normalized spacial score (nSPS) is 22.5. The molecule has 1 heterocycles. The van der Waals surface area contributed by atoms with Gasteiger partial charge in [0.2, 0.25) is 0 Å². The van der Waals surface area contributed by atoms with Crippen LogP contribution in [-0.2, 0) is 9.59 Å². The van der Waals surface area contributed by atoms with Gasteiger partial charge in [0.05, 0.1) is 0 Å². The van der Waals surface area contributed by atoms with Gasteiger partial charge in [-0.1, -0.05) is 0 Å². The minimum absolute atomic E-state index is 0.0965. The summed E-state index contributed by atoms with van der Waals surface area (Å²) in [4.78, 5) is 22.4. The van der Waals surface area contributed by atoms with E-state index in [1.54, 1.807) is 0 Å². The number of carboxylic acid groups (broad SMARTS) is 1. The number of aliphatic carboxylic acids is 1. The molecule has 0 aromatic rings. The Labute approximate surface area is 79.5 Å². The zero-order valence-corrected chi connectivity index (χ0v) is 7.67. The van der Waals surface area contributed by atoms with Crippen molar-refractivity contribution in [2.75, 3.05) is 6.54 Å². The molecule has 0 spiro atoms. The first-order chi connectivity index (χ1) is 6.34. The lowest BCUT2D eigenvalue weighted by Crippen LogP contribution is -2.47. The minimum Gasteiger partial charge on any atom is -0.480 e. The van der Waals surface area contributed by atoms with E-state index in [0.29, 0.717) is 13.3 Å². The Morgan fingerprint density at radius 2 is 2.07 bits per heavy atom. The average molecular weight is 207 g/mol. The second-order valence-electron chi connectivity index (χ2n) is 3.38. The van der Waals surface area contributed by atoms with Crippen molar-refractivity contribution in [2.24, 2.45) is 0 Å². The molecule has 1 fully saturated rings. The van der Waals surface area contributed by atoms with Crippen molar-refractivity contribution in [3.05, 3.63) is 0 Å². The van der Waals surface area contributed by atoms with Gasteiger partial charge in [0.1, 0.15) is 6.04 Å². The molecule has 0 aromatic heterocycles. The van der Waals surface area contributed by atoms with E-state index in [1.165, 1.54) is 0 Å². The molecular formula is C8H11F2NO3. The van der Waals surface area contributed by atoms with Gasteiger partial charge in [-0.3, -0.25) is 4.79 Å². The SMILES string of the molecule is CC(F)(F)C(=O)N1CCC[C@@H]1C(=O)O. The zero-order chi connectivity index (χ0) is 10.9. The van der Waals surface area contributed by atoms with Crippen molar-refractivity contribution in [1.29, 1.82) is 0 Å². The second-order valence-corrected chi connectivity index (χ2v) is 3.38. The number of rotatable bonds is 2. The summed E-state index contributed by atoms with van der Waals surface area (Å²) in [6, 6.07) is -1.09. The van der Waals surface area contributed by atoms with Crippen molar-refractivity contribution >= 4 is 11.9 Å². The van der Waals surface area contributed by atoms with Crippen molar-refractivity contribution in [3.63, 3.8) is 0 Å². The van der Waals surface area contributed by atoms with Crippen LogP contribution in [0.5, 0.6) is 0 Å². The number of halogens is 2. The second kappa shape index (κ2) is 3.51. The van der Waals surface area contributed by atoms with Gasteiger partial charge in [0.15, 0.2) is 0 Å². The molecular weight excluding hydrogens is 196 g/mol. The molecule has 0 aromatic carbocycles. The van der Waals surface area contributed by atoms with Gasteiger partial charge >= 0.3 is 11.9 Å². The molecule has 1 rings (SSSR count). The summed E-state index contributed by atoms with van der Waals surface area (Å²) >= 11 is 0. The fourth-order valence-electron chi connectivity index (χ4n) is 1.52. The molecule has 0 saturated carbocycles. The number of likely N-dealkylation sites (tertiary alicyclic amines) is 1. The van der Waals surface area contributed by atoms with Crippen molar-refractivity contribution in [3.8, 4) is 0 Å². The van der Waals surface area contributed by atoms with Crippen LogP contribution in [0.2, 0.25) is 0 Å². The van der Waals surface area contributed by atoms with Gasteiger partial charge in [0.25, 0.3) is 5.91 Å². The van der Waals surface area contributed by atoms with Gasteiger partial charge in [0, 0.05) is 13.5 Å². The molecule has 6 heteroatoms. The van der Waals surface area contributed by atoms with Gasteiger partial charge < -0.3 is 10.0 Å². The predicted octanol–water partition coefficient (Wildman–Crippen LogP) is 0.717. The van der Waals surface area contributed by atoms with E-state index in [4.69, 9.17) is 5.11 Å². The van der Waals surface area contributed by atoms with Crippen molar-refractivity contribution < 1.29 is 23.5 Å². The molecule has 1 N–H and O–H groups in total. The van der Waals surface area contributed by atoms with Gasteiger partial charge in [-0.05, 0) is 12.8 Å². The Morgan fingerprint density at radius 1 is 1.50 bits per heavy atom. The van der Waals surface area contributed by atoms with E-state index >= 15 is 0 Å². The Hall–Kier alpha value is -1.20. The first kappa shape index (κ1) is 10.9. The van der Waals surface area contributed by atoms with Crippen molar-refractivity contribution in [2.45, 2.75) is 31.7 Å². The third kappa shape index (κ3) is 2.00. The minimum atomic E-state index is -3.49. The summed E-state index contributed by atoms with van der Waals surface area (Å²) in [6.45, 7) is 0.575. The van der Waals surface area contributed by atoms with E-state index in [1.807, 2.05) is 0 Å².